The van der Waals surface area contributed by atoms with Gasteiger partial charge in [-0.05, 0) is 30.7 Å². The molecule has 0 radical (unpaired) electrons. The Kier molecular flexibility index (Phi) is 9.17. The number of nitro groups is 1. The van der Waals surface area contributed by atoms with Crippen molar-refractivity contribution in [2.45, 2.75) is 12.7 Å². The maximum atomic E-state index is 13.4. The fourth-order valence-corrected chi connectivity index (χ4v) is 5.85. The number of non-ortho nitro benzene ring substituents is 1. The number of hydrogen-bond acceptors (Lipinski definition) is 9. The molecule has 0 spiro atoms. The first-order valence-corrected chi connectivity index (χ1v) is 14.2. The van der Waals surface area contributed by atoms with Crippen LogP contribution in [0.2, 0.25) is 5.02 Å². The number of anilines is 1. The Bertz CT molecular complexity index is 1470. The van der Waals surface area contributed by atoms with Gasteiger partial charge in [0.25, 0.3) is 5.69 Å². The highest BCUT2D eigenvalue weighted by Crippen LogP contribution is 2.27. The maximum absolute atomic E-state index is 13.4. The molecule has 3 aromatic rings. The highest BCUT2D eigenvalue weighted by atomic mass is 35.5. The van der Waals surface area contributed by atoms with Gasteiger partial charge in [-0.1, -0.05) is 29.8 Å². The Balaban J connectivity index is 1.51. The second-order valence-corrected chi connectivity index (χ2v) is 11.1. The molecule has 1 aliphatic rings. The van der Waals surface area contributed by atoms with Crippen LogP contribution in [0.25, 0.3) is 5.69 Å². The van der Waals surface area contributed by atoms with Crippen molar-refractivity contribution in [2.24, 2.45) is 0 Å². The Morgan fingerprint density at radius 1 is 1.08 bits per heavy atom. The summed E-state index contributed by atoms with van der Waals surface area (Å²) in [4.78, 5) is 25.6. The van der Waals surface area contributed by atoms with E-state index in [0.717, 1.165) is 0 Å². The average Bonchev–Trinajstić information content (AvgIpc) is 2.92. The molecular weight excluding hydrogens is 550 g/mol. The highest BCUT2D eigenvalue weighted by Gasteiger charge is 2.29. The van der Waals surface area contributed by atoms with Crippen LogP contribution >= 0.6 is 11.6 Å². The maximum Gasteiger partial charge on any atom is 0.316 e. The molecule has 208 valence electrons. The van der Waals surface area contributed by atoms with Crippen LogP contribution in [-0.4, -0.2) is 73.4 Å². The van der Waals surface area contributed by atoms with Gasteiger partial charge in [0.1, 0.15) is 12.3 Å². The average molecular weight is 578 g/mol. The Morgan fingerprint density at radius 2 is 1.79 bits per heavy atom. The molecule has 12 nitrogen and oxygen atoms in total. The monoisotopic (exact) mass is 577 g/mol. The first kappa shape index (κ1) is 28.5. The molecule has 1 fully saturated rings. The van der Waals surface area contributed by atoms with Crippen LogP contribution in [0, 0.1) is 10.1 Å². The van der Waals surface area contributed by atoms with Crippen molar-refractivity contribution in [3.63, 3.8) is 0 Å². The zero-order chi connectivity index (χ0) is 28.0. The molecule has 14 heteroatoms. The van der Waals surface area contributed by atoms with Crippen molar-refractivity contribution in [3.05, 3.63) is 85.8 Å². The summed E-state index contributed by atoms with van der Waals surface area (Å²) in [6.07, 6.45) is 1.53. The van der Waals surface area contributed by atoms with Gasteiger partial charge in [0.15, 0.2) is 0 Å². The van der Waals surface area contributed by atoms with Crippen molar-refractivity contribution in [1.29, 1.82) is 0 Å². The molecule has 1 aromatic heterocycles. The summed E-state index contributed by atoms with van der Waals surface area (Å²) in [6, 6.07) is 12.2. The van der Waals surface area contributed by atoms with Gasteiger partial charge in [0, 0.05) is 49.9 Å². The lowest BCUT2D eigenvalue weighted by Gasteiger charge is -2.35. The van der Waals surface area contributed by atoms with Crippen LogP contribution in [0.5, 0.6) is 5.75 Å². The van der Waals surface area contributed by atoms with E-state index in [-0.39, 0.29) is 36.9 Å². The number of sulfonamides is 1. The summed E-state index contributed by atoms with van der Waals surface area (Å²) < 4.78 is 39.8. The number of aromatic nitrogens is 2. The van der Waals surface area contributed by atoms with Gasteiger partial charge in [-0.15, -0.1) is 0 Å². The number of halogens is 1. The van der Waals surface area contributed by atoms with Gasteiger partial charge in [0.2, 0.25) is 15.8 Å². The third-order valence-electron chi connectivity index (χ3n) is 6.11. The number of nitrogens with zero attached hydrogens (tertiary/aromatic N) is 5. The minimum atomic E-state index is -3.67. The smallest absolute Gasteiger partial charge is 0.316 e. The lowest BCUT2D eigenvalue weighted by atomic mass is 10.2. The third kappa shape index (κ3) is 6.92. The highest BCUT2D eigenvalue weighted by molar-refractivity contribution is 7.88. The molecule has 1 saturated heterocycles. The SMILES string of the molecule is CCOCCOc1c(N2CCN(S(=O)(=O)Cc3ccc([N+](=O)[O-])cc3)CC2)cnn(-c2cccc(Cl)c2)c1=O. The lowest BCUT2D eigenvalue weighted by Crippen LogP contribution is -2.49. The summed E-state index contributed by atoms with van der Waals surface area (Å²) in [5, 5.41) is 15.6. The Hall–Kier alpha value is -3.52. The predicted molar refractivity (Wildman–Crippen MR) is 146 cm³/mol. The Labute approximate surface area is 230 Å². The van der Waals surface area contributed by atoms with E-state index in [1.807, 2.05) is 11.8 Å². The van der Waals surface area contributed by atoms with Crippen LogP contribution in [0.1, 0.15) is 12.5 Å². The predicted octanol–water partition coefficient (Wildman–Crippen LogP) is 2.86. The number of piperazine rings is 1. The zero-order valence-corrected chi connectivity index (χ0v) is 22.8. The molecule has 0 bridgehead atoms. The summed E-state index contributed by atoms with van der Waals surface area (Å²) in [7, 11) is -3.67. The van der Waals surface area contributed by atoms with E-state index in [1.54, 1.807) is 24.3 Å². The van der Waals surface area contributed by atoms with Crippen molar-refractivity contribution >= 4 is 33.0 Å². The zero-order valence-electron chi connectivity index (χ0n) is 21.2. The molecule has 1 aliphatic heterocycles. The molecule has 0 N–H and O–H groups in total. The fourth-order valence-electron chi connectivity index (χ4n) is 4.15. The lowest BCUT2D eigenvalue weighted by molar-refractivity contribution is -0.384. The van der Waals surface area contributed by atoms with Crippen LogP contribution in [0.4, 0.5) is 11.4 Å². The number of hydrogen-bond donors (Lipinski definition) is 0. The van der Waals surface area contributed by atoms with Gasteiger partial charge < -0.3 is 14.4 Å². The minimum absolute atomic E-state index is 0.0897. The molecule has 0 unspecified atom stereocenters. The number of ether oxygens (including phenoxy) is 2. The molecule has 4 rings (SSSR count). The van der Waals surface area contributed by atoms with E-state index >= 15 is 0 Å². The molecule has 0 aliphatic carbocycles. The molecule has 0 amide bonds. The van der Waals surface area contributed by atoms with E-state index in [0.29, 0.717) is 48.3 Å². The summed E-state index contributed by atoms with van der Waals surface area (Å²) >= 11 is 6.10. The number of benzene rings is 2. The Morgan fingerprint density at radius 3 is 2.44 bits per heavy atom. The van der Waals surface area contributed by atoms with Gasteiger partial charge >= 0.3 is 5.56 Å². The number of rotatable bonds is 11. The van der Waals surface area contributed by atoms with E-state index in [2.05, 4.69) is 5.10 Å². The summed E-state index contributed by atoms with van der Waals surface area (Å²) in [6.45, 7) is 3.81. The van der Waals surface area contributed by atoms with Gasteiger partial charge in [0.05, 0.1) is 29.2 Å². The van der Waals surface area contributed by atoms with E-state index in [1.165, 1.54) is 39.4 Å². The standard InChI is InChI=1S/C25H28ClN5O7S/c1-2-37-14-15-38-24-23(17-27-30(25(24)32)22-5-3-4-20(26)16-22)28-10-12-29(13-11-28)39(35,36)18-19-6-8-21(9-7-19)31(33)34/h3-9,16-17H,2,10-15,18H2,1H3. The second-order valence-electron chi connectivity index (χ2n) is 8.67. The molecule has 2 heterocycles. The van der Waals surface area contributed by atoms with Crippen molar-refractivity contribution in [1.82, 2.24) is 14.1 Å². The molecule has 2 aromatic carbocycles. The summed E-state index contributed by atoms with van der Waals surface area (Å²) in [5.41, 5.74) is 0.828. The molecule has 39 heavy (non-hydrogen) atoms. The van der Waals surface area contributed by atoms with Crippen molar-refractivity contribution in [2.75, 3.05) is 50.9 Å². The quantitative estimate of drug-likeness (QED) is 0.191. The van der Waals surface area contributed by atoms with E-state index < -0.39 is 20.5 Å². The van der Waals surface area contributed by atoms with Crippen molar-refractivity contribution < 1.29 is 22.8 Å². The number of nitro benzene ring substituents is 1. The topological polar surface area (TPSA) is 137 Å². The van der Waals surface area contributed by atoms with Crippen molar-refractivity contribution in [3.8, 4) is 11.4 Å². The largest absolute Gasteiger partial charge is 0.484 e. The van der Waals surface area contributed by atoms with Gasteiger partial charge in [-0.25, -0.2) is 8.42 Å². The first-order chi connectivity index (χ1) is 18.7. The molecular formula is C25H28ClN5O7S. The molecule has 0 atom stereocenters. The fraction of sp³-hybridized carbons (Fsp3) is 0.360. The van der Waals surface area contributed by atoms with Crippen LogP contribution < -0.4 is 15.2 Å². The first-order valence-electron chi connectivity index (χ1n) is 12.2. The normalized spacial score (nSPS) is 14.4. The third-order valence-corrected chi connectivity index (χ3v) is 8.20. The van der Waals surface area contributed by atoms with Gasteiger partial charge in [-0.2, -0.15) is 14.1 Å². The van der Waals surface area contributed by atoms with Crippen LogP contribution in [-0.2, 0) is 20.5 Å². The van der Waals surface area contributed by atoms with E-state index in [9.17, 15) is 23.3 Å². The second kappa shape index (κ2) is 12.6. The summed E-state index contributed by atoms with van der Waals surface area (Å²) in [5.74, 6) is -0.180. The molecule has 0 saturated carbocycles. The van der Waals surface area contributed by atoms with E-state index in [4.69, 9.17) is 21.1 Å². The van der Waals surface area contributed by atoms with Crippen LogP contribution in [0.15, 0.2) is 59.5 Å². The van der Waals surface area contributed by atoms with Gasteiger partial charge in [-0.3, -0.25) is 14.9 Å². The van der Waals surface area contributed by atoms with Crippen LogP contribution in [0.3, 0.4) is 0 Å². The minimum Gasteiger partial charge on any atom is -0.484 e.